The van der Waals surface area contributed by atoms with Crippen LogP contribution in [0.15, 0.2) is 139 Å². The van der Waals surface area contributed by atoms with Crippen LogP contribution in [-0.2, 0) is 25.2 Å². The number of aliphatic hydroxyl groups excluding tert-OH is 1. The number of azide groups is 1. The van der Waals surface area contributed by atoms with E-state index in [1.807, 2.05) is 78.9 Å². The topological polar surface area (TPSA) is 123 Å². The molecule has 10 heteroatoms. The first kappa shape index (κ1) is 35.0. The molecule has 0 bridgehead atoms. The second-order valence-electron chi connectivity index (χ2n) is 13.4. The fraction of sp³-hybridized carbons (Fsp3) is 0.275. The molecule has 6 rings (SSSR count). The van der Waals surface area contributed by atoms with Gasteiger partial charge in [-0.25, -0.2) is 4.79 Å². The smallest absolute Gasteiger partial charge is 0.338 e. The highest BCUT2D eigenvalue weighted by Gasteiger charge is 2.53. The minimum Gasteiger partial charge on any atom is -0.455 e. The summed E-state index contributed by atoms with van der Waals surface area (Å²) in [5.74, 6) is -0.672. The third-order valence-corrected chi connectivity index (χ3v) is 14.2. The largest absolute Gasteiger partial charge is 0.455 e. The van der Waals surface area contributed by atoms with E-state index >= 15 is 0 Å². The fourth-order valence-electron chi connectivity index (χ4n) is 6.74. The van der Waals surface area contributed by atoms with Crippen molar-refractivity contribution in [2.75, 3.05) is 6.61 Å². The molecule has 1 aliphatic rings. The van der Waals surface area contributed by atoms with Crippen LogP contribution in [0.25, 0.3) is 21.2 Å². The molecule has 1 N–H and O–H groups in total. The molecule has 1 unspecified atom stereocenters. The monoisotopic (exact) mass is 687 g/mol. The van der Waals surface area contributed by atoms with E-state index in [-0.39, 0.29) is 18.3 Å². The third kappa shape index (κ3) is 7.36. The van der Waals surface area contributed by atoms with Crippen LogP contribution in [0.3, 0.4) is 0 Å². The van der Waals surface area contributed by atoms with Gasteiger partial charge in [0.05, 0.1) is 18.8 Å². The van der Waals surface area contributed by atoms with Crippen LogP contribution in [0.4, 0.5) is 0 Å². The zero-order valence-electron chi connectivity index (χ0n) is 28.3. The highest BCUT2D eigenvalue weighted by Crippen LogP contribution is 2.38. The van der Waals surface area contributed by atoms with Crippen molar-refractivity contribution in [3.05, 3.63) is 155 Å². The summed E-state index contributed by atoms with van der Waals surface area (Å²) < 4.78 is 25.8. The Hall–Kier alpha value is -4.80. The summed E-state index contributed by atoms with van der Waals surface area (Å²) in [6.45, 7) is 6.55. The molecule has 9 nitrogen and oxygen atoms in total. The number of esters is 1. The molecule has 5 aromatic rings. The fourth-order valence-corrected chi connectivity index (χ4v) is 11.3. The van der Waals surface area contributed by atoms with Gasteiger partial charge in [-0.1, -0.05) is 141 Å². The summed E-state index contributed by atoms with van der Waals surface area (Å²) in [7, 11) is -3.04. The lowest BCUT2D eigenvalue weighted by molar-refractivity contribution is -0.267. The zero-order chi connectivity index (χ0) is 35.1. The standard InChI is InChI=1S/C40H41N3O6Si/c1-40(2,3)50(32-19-9-5-10-20-32,33-21-11-6-12-22-33)47-27-34-36(44)37(49-38(45)30-16-7-4-8-17-30)35(42-43-41)39(48-34)46-26-28-23-24-29-15-13-14-18-31(29)25-28/h4-25,34-37,39,44H,26-27H2,1-3H3/t34-,35-,36-,37-,39?/m1/s1. The predicted molar refractivity (Wildman–Crippen MR) is 196 cm³/mol. The van der Waals surface area contributed by atoms with Gasteiger partial charge in [-0.3, -0.25) is 0 Å². The Kier molecular flexibility index (Phi) is 10.8. The number of benzene rings is 5. The highest BCUT2D eigenvalue weighted by atomic mass is 28.4. The predicted octanol–water partition coefficient (Wildman–Crippen LogP) is 6.92. The number of nitrogens with zero attached hydrogens (tertiary/aromatic N) is 3. The van der Waals surface area contributed by atoms with E-state index in [0.29, 0.717) is 5.56 Å². The Labute approximate surface area is 293 Å². The van der Waals surface area contributed by atoms with E-state index in [2.05, 4.69) is 55.1 Å². The van der Waals surface area contributed by atoms with Crippen molar-refractivity contribution in [1.29, 1.82) is 0 Å². The number of ether oxygens (including phenoxy) is 3. The Morgan fingerprint density at radius 2 is 1.42 bits per heavy atom. The van der Waals surface area contributed by atoms with E-state index in [1.165, 1.54) is 0 Å². The second-order valence-corrected chi connectivity index (χ2v) is 17.7. The van der Waals surface area contributed by atoms with Crippen LogP contribution in [0.2, 0.25) is 5.04 Å². The SMILES string of the molecule is CC(C)(C)[Si](OC[C@H]1OC(OCc2ccc3ccccc3c2)[C@H](N=[N+]=[N-])[C@@H](OC(=O)c2ccccc2)[C@@H]1O)(c1ccccc1)c1ccccc1. The molecule has 0 aromatic heterocycles. The summed E-state index contributed by atoms with van der Waals surface area (Å²) in [5.41, 5.74) is 10.8. The molecule has 0 saturated carbocycles. The maximum atomic E-state index is 13.4. The van der Waals surface area contributed by atoms with Crippen LogP contribution < -0.4 is 10.4 Å². The zero-order valence-corrected chi connectivity index (χ0v) is 29.3. The van der Waals surface area contributed by atoms with Gasteiger partial charge < -0.3 is 23.7 Å². The molecule has 5 atom stereocenters. The van der Waals surface area contributed by atoms with Gasteiger partial charge in [0.1, 0.15) is 24.4 Å². The van der Waals surface area contributed by atoms with Crippen molar-refractivity contribution >= 4 is 35.4 Å². The Bertz CT molecular complexity index is 1890. The average Bonchev–Trinajstić information content (AvgIpc) is 3.14. The summed E-state index contributed by atoms with van der Waals surface area (Å²) >= 11 is 0. The quantitative estimate of drug-likeness (QED) is 0.0529. The van der Waals surface area contributed by atoms with Crippen LogP contribution in [0.5, 0.6) is 0 Å². The number of carbonyl (C=O) groups is 1. The van der Waals surface area contributed by atoms with Crippen molar-refractivity contribution in [3.8, 4) is 0 Å². The first-order valence-corrected chi connectivity index (χ1v) is 18.6. The van der Waals surface area contributed by atoms with Crippen molar-refractivity contribution in [2.24, 2.45) is 5.11 Å². The Balaban J connectivity index is 1.35. The molecule has 5 aromatic carbocycles. The van der Waals surface area contributed by atoms with Crippen LogP contribution in [-0.4, -0.2) is 56.6 Å². The van der Waals surface area contributed by atoms with Gasteiger partial charge in [0.25, 0.3) is 8.32 Å². The molecule has 0 aliphatic carbocycles. The Morgan fingerprint density at radius 3 is 2.02 bits per heavy atom. The first-order chi connectivity index (χ1) is 24.2. The number of hydrogen-bond donors (Lipinski definition) is 1. The number of fused-ring (bicyclic) bond motifs is 1. The van der Waals surface area contributed by atoms with Crippen LogP contribution in [0, 0.1) is 0 Å². The van der Waals surface area contributed by atoms with Crippen LogP contribution in [0.1, 0.15) is 36.7 Å². The molecule has 0 spiro atoms. The van der Waals surface area contributed by atoms with Gasteiger partial charge in [-0.05, 0) is 55.5 Å². The molecule has 256 valence electrons. The second kappa shape index (κ2) is 15.4. The van der Waals surface area contributed by atoms with E-state index in [0.717, 1.165) is 26.7 Å². The minimum absolute atomic E-state index is 0.0490. The molecule has 50 heavy (non-hydrogen) atoms. The lowest BCUT2D eigenvalue weighted by Crippen LogP contribution is -2.68. The van der Waals surface area contributed by atoms with E-state index in [4.69, 9.17) is 18.6 Å². The summed E-state index contributed by atoms with van der Waals surface area (Å²) in [6, 6.07) is 41.6. The minimum atomic E-state index is -3.04. The summed E-state index contributed by atoms with van der Waals surface area (Å²) in [5, 5.41) is 19.7. The molecular weight excluding hydrogens is 647 g/mol. The lowest BCUT2D eigenvalue weighted by atomic mass is 9.97. The average molecular weight is 688 g/mol. The molecule has 1 fully saturated rings. The van der Waals surface area contributed by atoms with Gasteiger partial charge >= 0.3 is 5.97 Å². The normalized spacial score (nSPS) is 20.9. The van der Waals surface area contributed by atoms with Gasteiger partial charge in [0, 0.05) is 4.91 Å². The van der Waals surface area contributed by atoms with Gasteiger partial charge in [-0.2, -0.15) is 0 Å². The van der Waals surface area contributed by atoms with E-state index in [1.54, 1.807) is 30.3 Å². The van der Waals surface area contributed by atoms with Gasteiger partial charge in [-0.15, -0.1) is 0 Å². The molecule has 1 heterocycles. The van der Waals surface area contributed by atoms with Crippen molar-refractivity contribution in [1.82, 2.24) is 0 Å². The summed E-state index contributed by atoms with van der Waals surface area (Å²) in [4.78, 5) is 16.4. The highest BCUT2D eigenvalue weighted by molar-refractivity contribution is 6.99. The van der Waals surface area contributed by atoms with Gasteiger partial charge in [0.2, 0.25) is 0 Å². The first-order valence-electron chi connectivity index (χ1n) is 16.7. The molecular formula is C40H41N3O6Si. The number of rotatable bonds is 11. The number of carbonyl (C=O) groups excluding carboxylic acids is 1. The van der Waals surface area contributed by atoms with Crippen LogP contribution >= 0.6 is 0 Å². The third-order valence-electron chi connectivity index (χ3n) is 9.19. The van der Waals surface area contributed by atoms with E-state index in [9.17, 15) is 15.4 Å². The molecule has 1 saturated heterocycles. The van der Waals surface area contributed by atoms with E-state index < -0.39 is 44.9 Å². The molecule has 0 amide bonds. The summed E-state index contributed by atoms with van der Waals surface area (Å²) in [6.07, 6.45) is -4.86. The van der Waals surface area contributed by atoms with Crippen molar-refractivity contribution in [2.45, 2.75) is 63.1 Å². The van der Waals surface area contributed by atoms with Crippen molar-refractivity contribution < 1.29 is 28.5 Å². The lowest BCUT2D eigenvalue weighted by Gasteiger charge is -2.46. The molecule has 1 aliphatic heterocycles. The maximum Gasteiger partial charge on any atom is 0.338 e. The Morgan fingerprint density at radius 1 is 0.840 bits per heavy atom. The van der Waals surface area contributed by atoms with Gasteiger partial charge in [0.15, 0.2) is 6.29 Å². The maximum absolute atomic E-state index is 13.4. The number of hydrogen-bond acceptors (Lipinski definition) is 7. The number of aliphatic hydroxyl groups is 1. The van der Waals surface area contributed by atoms with Crippen molar-refractivity contribution in [3.63, 3.8) is 0 Å². The molecule has 0 radical (unpaired) electrons.